The SMILES string of the molecule is NC(N)=NCCC[C@H](NC(=O)[C@H](CCCN=C(N)N)NC(=O)[C@@H](N)Cc1cnc[nH]1)C(=O)O. The number of carbonyl (C=O) groups is 3. The minimum atomic E-state index is -1.23. The van der Waals surface area contributed by atoms with Crippen molar-refractivity contribution >= 4 is 29.7 Å². The molecule has 1 rings (SSSR count). The number of amides is 2. The first-order valence-corrected chi connectivity index (χ1v) is 10.3. The summed E-state index contributed by atoms with van der Waals surface area (Å²) < 4.78 is 0. The number of carboxylic acids is 1. The van der Waals surface area contributed by atoms with Crippen LogP contribution in [0.3, 0.4) is 0 Å². The minimum Gasteiger partial charge on any atom is -0.480 e. The van der Waals surface area contributed by atoms with Gasteiger partial charge < -0.3 is 49.4 Å². The fourth-order valence-electron chi connectivity index (χ4n) is 2.81. The van der Waals surface area contributed by atoms with Gasteiger partial charge in [-0.25, -0.2) is 9.78 Å². The monoisotopic (exact) mass is 467 g/mol. The van der Waals surface area contributed by atoms with Gasteiger partial charge in [0, 0.05) is 31.4 Å². The summed E-state index contributed by atoms with van der Waals surface area (Å²) >= 11 is 0. The number of aliphatic imine (C=N–C) groups is 2. The number of guanidine groups is 2. The van der Waals surface area contributed by atoms with Gasteiger partial charge in [-0.05, 0) is 25.7 Å². The standard InChI is InChI=1S/C18H33N11O4/c19-11(7-10-8-24-9-27-10)14(30)28-12(3-1-5-25-17(20)21)15(31)29-13(16(32)33)4-2-6-26-18(22)23/h8-9,11-13H,1-7,19H2,(H,24,27)(H,28,30)(H,29,31)(H,32,33)(H4,20,21,25)(H4,22,23,26)/t11-,12-,13-/m0/s1. The minimum absolute atomic E-state index is 0.0891. The first kappa shape index (κ1) is 27.2. The normalized spacial score (nSPS) is 13.2. The lowest BCUT2D eigenvalue weighted by Gasteiger charge is -2.22. The van der Waals surface area contributed by atoms with E-state index in [9.17, 15) is 19.5 Å². The molecule has 0 aliphatic heterocycles. The van der Waals surface area contributed by atoms with Crippen LogP contribution in [0.5, 0.6) is 0 Å². The van der Waals surface area contributed by atoms with Crippen molar-refractivity contribution in [3.8, 4) is 0 Å². The Morgan fingerprint density at radius 1 is 0.970 bits per heavy atom. The molecule has 0 aliphatic rings. The molecular weight excluding hydrogens is 434 g/mol. The predicted molar refractivity (Wildman–Crippen MR) is 122 cm³/mol. The predicted octanol–water partition coefficient (Wildman–Crippen LogP) is -3.56. The summed E-state index contributed by atoms with van der Waals surface area (Å²) in [6, 6.07) is -3.19. The van der Waals surface area contributed by atoms with E-state index in [-0.39, 0.29) is 44.3 Å². The first-order chi connectivity index (χ1) is 15.6. The summed E-state index contributed by atoms with van der Waals surface area (Å²) in [4.78, 5) is 51.2. The van der Waals surface area contributed by atoms with E-state index in [0.717, 1.165) is 0 Å². The Kier molecular flexibility index (Phi) is 11.7. The lowest BCUT2D eigenvalue weighted by atomic mass is 10.1. The van der Waals surface area contributed by atoms with Gasteiger partial charge in [-0.15, -0.1) is 0 Å². The Morgan fingerprint density at radius 3 is 2.00 bits per heavy atom. The van der Waals surface area contributed by atoms with Crippen molar-refractivity contribution < 1.29 is 19.5 Å². The number of rotatable bonds is 15. The van der Waals surface area contributed by atoms with Gasteiger partial charge in [-0.3, -0.25) is 19.6 Å². The summed E-state index contributed by atoms with van der Waals surface area (Å²) in [5.74, 6) is -2.69. The third-order valence-electron chi connectivity index (χ3n) is 4.47. The highest BCUT2D eigenvalue weighted by atomic mass is 16.4. The van der Waals surface area contributed by atoms with Crippen molar-refractivity contribution in [2.75, 3.05) is 13.1 Å². The maximum atomic E-state index is 12.8. The highest BCUT2D eigenvalue weighted by molar-refractivity contribution is 5.91. The second kappa shape index (κ2) is 14.2. The molecule has 3 atom stereocenters. The van der Waals surface area contributed by atoms with Gasteiger partial charge in [0.25, 0.3) is 0 Å². The molecule has 0 saturated heterocycles. The van der Waals surface area contributed by atoms with Gasteiger partial charge in [0.2, 0.25) is 11.8 Å². The van der Waals surface area contributed by atoms with E-state index in [1.807, 2.05) is 0 Å². The van der Waals surface area contributed by atoms with Gasteiger partial charge in [0.1, 0.15) is 12.1 Å². The summed E-state index contributed by atoms with van der Waals surface area (Å²) in [5, 5.41) is 14.5. The van der Waals surface area contributed by atoms with Gasteiger partial charge >= 0.3 is 5.97 Å². The summed E-state index contributed by atoms with van der Waals surface area (Å²) in [6.45, 7) is 0.437. The Labute approximate surface area is 190 Å². The Bertz CT molecular complexity index is 817. The summed E-state index contributed by atoms with van der Waals surface area (Å²) in [5.41, 5.74) is 27.7. The molecule has 0 radical (unpaired) electrons. The van der Waals surface area contributed by atoms with Crippen LogP contribution < -0.4 is 39.3 Å². The second-order valence-corrected chi connectivity index (χ2v) is 7.25. The van der Waals surface area contributed by atoms with Gasteiger partial charge in [0.05, 0.1) is 12.4 Å². The van der Waals surface area contributed by atoms with E-state index in [4.69, 9.17) is 28.7 Å². The summed E-state index contributed by atoms with van der Waals surface area (Å²) in [6.07, 6.45) is 4.10. The maximum Gasteiger partial charge on any atom is 0.326 e. The van der Waals surface area contributed by atoms with Gasteiger partial charge in [-0.2, -0.15) is 0 Å². The zero-order valence-electron chi connectivity index (χ0n) is 18.2. The largest absolute Gasteiger partial charge is 0.480 e. The number of carbonyl (C=O) groups excluding carboxylic acids is 2. The van der Waals surface area contributed by atoms with Crippen molar-refractivity contribution in [1.29, 1.82) is 0 Å². The number of nitrogens with one attached hydrogen (secondary N) is 3. The van der Waals surface area contributed by atoms with Crippen molar-refractivity contribution in [3.05, 3.63) is 18.2 Å². The van der Waals surface area contributed by atoms with E-state index in [1.165, 1.54) is 12.5 Å². The van der Waals surface area contributed by atoms with Crippen LogP contribution in [0.25, 0.3) is 0 Å². The average Bonchev–Trinajstić information content (AvgIpc) is 3.24. The molecule has 0 aliphatic carbocycles. The number of nitrogens with two attached hydrogens (primary N) is 5. The van der Waals surface area contributed by atoms with Crippen molar-refractivity contribution in [2.45, 2.75) is 50.2 Å². The van der Waals surface area contributed by atoms with Gasteiger partial charge in [0.15, 0.2) is 11.9 Å². The maximum absolute atomic E-state index is 12.8. The zero-order chi connectivity index (χ0) is 24.8. The van der Waals surface area contributed by atoms with Crippen molar-refractivity contribution in [2.24, 2.45) is 38.7 Å². The molecule has 0 fully saturated rings. The van der Waals surface area contributed by atoms with E-state index in [2.05, 4.69) is 30.6 Å². The lowest BCUT2D eigenvalue weighted by molar-refractivity contribution is -0.142. The fourth-order valence-corrected chi connectivity index (χ4v) is 2.81. The molecule has 0 saturated carbocycles. The van der Waals surface area contributed by atoms with Crippen LogP contribution in [-0.4, -0.2) is 76.0 Å². The number of nitrogens with zero attached hydrogens (tertiary/aromatic N) is 3. The molecule has 0 unspecified atom stereocenters. The molecule has 33 heavy (non-hydrogen) atoms. The van der Waals surface area contributed by atoms with Crippen LogP contribution in [0.15, 0.2) is 22.5 Å². The summed E-state index contributed by atoms with van der Waals surface area (Å²) in [7, 11) is 0. The molecule has 1 heterocycles. The number of carboxylic acid groups (broad SMARTS) is 1. The zero-order valence-corrected chi connectivity index (χ0v) is 18.2. The number of hydrogen-bond acceptors (Lipinski definition) is 7. The number of imidazole rings is 1. The van der Waals surface area contributed by atoms with Crippen molar-refractivity contribution in [3.63, 3.8) is 0 Å². The molecule has 2 amide bonds. The van der Waals surface area contributed by atoms with E-state index >= 15 is 0 Å². The molecule has 15 heteroatoms. The van der Waals surface area contributed by atoms with Crippen molar-refractivity contribution in [1.82, 2.24) is 20.6 Å². The van der Waals surface area contributed by atoms with E-state index in [1.54, 1.807) is 0 Å². The molecule has 14 N–H and O–H groups in total. The Hall–Kier alpha value is -3.88. The quantitative estimate of drug-likeness (QED) is 0.0694. The van der Waals surface area contributed by atoms with Crippen LogP contribution in [-0.2, 0) is 20.8 Å². The molecule has 0 aromatic carbocycles. The van der Waals surface area contributed by atoms with Gasteiger partial charge in [-0.1, -0.05) is 0 Å². The van der Waals surface area contributed by atoms with Crippen LogP contribution in [0.1, 0.15) is 31.4 Å². The second-order valence-electron chi connectivity index (χ2n) is 7.25. The number of aliphatic carboxylic acids is 1. The highest BCUT2D eigenvalue weighted by Crippen LogP contribution is 2.05. The Balaban J connectivity index is 2.78. The average molecular weight is 468 g/mol. The van der Waals surface area contributed by atoms with Crippen LogP contribution >= 0.6 is 0 Å². The number of aromatic nitrogens is 2. The third kappa shape index (κ3) is 11.3. The molecular formula is C18H33N11O4. The lowest BCUT2D eigenvalue weighted by Crippen LogP contribution is -2.54. The molecule has 184 valence electrons. The van der Waals surface area contributed by atoms with E-state index < -0.39 is 35.9 Å². The van der Waals surface area contributed by atoms with E-state index in [0.29, 0.717) is 18.5 Å². The topological polar surface area (TPSA) is 279 Å². The number of aromatic amines is 1. The van der Waals surface area contributed by atoms with Crippen LogP contribution in [0.4, 0.5) is 0 Å². The highest BCUT2D eigenvalue weighted by Gasteiger charge is 2.27. The van der Waals surface area contributed by atoms with Crippen LogP contribution in [0, 0.1) is 0 Å². The first-order valence-electron chi connectivity index (χ1n) is 10.3. The number of hydrogen-bond donors (Lipinski definition) is 9. The molecule has 1 aromatic heterocycles. The molecule has 1 aromatic rings. The smallest absolute Gasteiger partial charge is 0.326 e. The Morgan fingerprint density at radius 2 is 1.52 bits per heavy atom. The molecule has 0 bridgehead atoms. The molecule has 15 nitrogen and oxygen atoms in total. The fraction of sp³-hybridized carbons (Fsp3) is 0.556. The third-order valence-corrected chi connectivity index (χ3v) is 4.47. The van der Waals surface area contributed by atoms with Crippen LogP contribution in [0.2, 0.25) is 0 Å². The number of H-pyrrole nitrogens is 1. The molecule has 0 spiro atoms.